The number of halogens is 1. The highest BCUT2D eigenvalue weighted by molar-refractivity contribution is 7.09. The van der Waals surface area contributed by atoms with E-state index in [0.29, 0.717) is 19.8 Å². The Hall–Kier alpha value is -1.39. The van der Waals surface area contributed by atoms with Crippen LogP contribution < -0.4 is 5.32 Å². The van der Waals surface area contributed by atoms with Gasteiger partial charge in [0.2, 0.25) is 0 Å². The fourth-order valence-corrected chi connectivity index (χ4v) is 2.07. The van der Waals surface area contributed by atoms with E-state index >= 15 is 0 Å². The molecule has 17 heavy (non-hydrogen) atoms. The van der Waals surface area contributed by atoms with E-state index in [9.17, 15) is 4.39 Å². The third-order valence-corrected chi connectivity index (χ3v) is 3.07. The maximum Gasteiger partial charge on any atom is 0.125 e. The molecule has 0 atom stereocenters. The highest BCUT2D eigenvalue weighted by Crippen LogP contribution is 2.10. The second-order valence-corrected chi connectivity index (χ2v) is 4.60. The number of hydrogen-bond donors (Lipinski definition) is 1. The lowest BCUT2D eigenvalue weighted by Crippen LogP contribution is -2.09. The lowest BCUT2D eigenvalue weighted by molar-refractivity contribution is 0.132. The summed E-state index contributed by atoms with van der Waals surface area (Å²) in [5.41, 5.74) is 0.782. The minimum atomic E-state index is -0.227. The first-order chi connectivity index (χ1) is 8.34. The largest absolute Gasteiger partial charge is 0.383 e. The van der Waals surface area contributed by atoms with E-state index in [2.05, 4.69) is 5.32 Å². The van der Waals surface area contributed by atoms with Gasteiger partial charge in [0, 0.05) is 17.1 Å². The van der Waals surface area contributed by atoms with Gasteiger partial charge in [-0.25, -0.2) is 4.39 Å². The predicted molar refractivity (Wildman–Crippen MR) is 68.9 cm³/mol. The average Bonchev–Trinajstić information content (AvgIpc) is 2.82. The molecule has 0 saturated heterocycles. The van der Waals surface area contributed by atoms with Crippen LogP contribution in [0.4, 0.5) is 10.1 Å². The van der Waals surface area contributed by atoms with Gasteiger partial charge in [0.25, 0.3) is 0 Å². The Balaban J connectivity index is 1.63. The zero-order valence-electron chi connectivity index (χ0n) is 9.36. The molecular formula is C13H14FNOS. The maximum atomic E-state index is 12.9. The van der Waals surface area contributed by atoms with Gasteiger partial charge >= 0.3 is 0 Å². The molecule has 0 saturated carbocycles. The summed E-state index contributed by atoms with van der Waals surface area (Å²) in [7, 11) is 0. The zero-order valence-corrected chi connectivity index (χ0v) is 10.2. The van der Waals surface area contributed by atoms with Gasteiger partial charge in [-0.2, -0.15) is 0 Å². The lowest BCUT2D eigenvalue weighted by Gasteiger charge is -2.06. The summed E-state index contributed by atoms with van der Waals surface area (Å²) < 4.78 is 18.3. The number of anilines is 1. The molecule has 1 aromatic carbocycles. The SMILES string of the molecule is Fc1cccc(NCCOCc2cccs2)c1. The van der Waals surface area contributed by atoms with Crippen LogP contribution in [0.5, 0.6) is 0 Å². The van der Waals surface area contributed by atoms with E-state index in [4.69, 9.17) is 4.74 Å². The van der Waals surface area contributed by atoms with Crippen LogP contribution in [0, 0.1) is 5.82 Å². The first kappa shape index (κ1) is 12.1. The molecule has 2 rings (SSSR count). The molecule has 2 aromatic rings. The molecule has 1 aromatic heterocycles. The second kappa shape index (κ2) is 6.37. The minimum absolute atomic E-state index is 0.227. The van der Waals surface area contributed by atoms with Crippen molar-refractivity contribution in [3.05, 3.63) is 52.5 Å². The Kier molecular flexibility index (Phi) is 4.53. The maximum absolute atomic E-state index is 12.9. The van der Waals surface area contributed by atoms with Crippen LogP contribution in [-0.2, 0) is 11.3 Å². The molecule has 90 valence electrons. The van der Waals surface area contributed by atoms with E-state index in [1.54, 1.807) is 17.4 Å². The van der Waals surface area contributed by atoms with E-state index in [-0.39, 0.29) is 5.82 Å². The number of hydrogen-bond acceptors (Lipinski definition) is 3. The summed E-state index contributed by atoms with van der Waals surface area (Å²) in [5, 5.41) is 5.14. The van der Waals surface area contributed by atoms with Crippen LogP contribution in [0.25, 0.3) is 0 Å². The van der Waals surface area contributed by atoms with Crippen molar-refractivity contribution in [2.24, 2.45) is 0 Å². The Labute approximate surface area is 104 Å². The van der Waals surface area contributed by atoms with Crippen LogP contribution in [-0.4, -0.2) is 13.2 Å². The van der Waals surface area contributed by atoms with Crippen LogP contribution in [0.2, 0.25) is 0 Å². The minimum Gasteiger partial charge on any atom is -0.383 e. The van der Waals surface area contributed by atoms with Crippen molar-refractivity contribution in [2.75, 3.05) is 18.5 Å². The molecule has 0 fully saturated rings. The number of benzene rings is 1. The summed E-state index contributed by atoms with van der Waals surface area (Å²) in [6, 6.07) is 10.5. The fourth-order valence-electron chi connectivity index (χ4n) is 1.43. The van der Waals surface area contributed by atoms with Gasteiger partial charge in [0.15, 0.2) is 0 Å². The van der Waals surface area contributed by atoms with Crippen LogP contribution in [0.3, 0.4) is 0 Å². The van der Waals surface area contributed by atoms with Gasteiger partial charge in [-0.3, -0.25) is 0 Å². The third-order valence-electron chi connectivity index (χ3n) is 2.22. The fraction of sp³-hybridized carbons (Fsp3) is 0.231. The molecule has 0 radical (unpaired) electrons. The number of thiophene rings is 1. The topological polar surface area (TPSA) is 21.3 Å². The quantitative estimate of drug-likeness (QED) is 0.793. The van der Waals surface area contributed by atoms with E-state index < -0.39 is 0 Å². The Morgan fingerprint density at radius 2 is 2.18 bits per heavy atom. The molecule has 0 bridgehead atoms. The molecule has 0 spiro atoms. The molecule has 0 aliphatic heterocycles. The van der Waals surface area contributed by atoms with Crippen molar-refractivity contribution in [1.82, 2.24) is 0 Å². The molecule has 0 amide bonds. The lowest BCUT2D eigenvalue weighted by atomic mass is 10.3. The van der Waals surface area contributed by atoms with E-state index in [1.165, 1.54) is 17.0 Å². The van der Waals surface area contributed by atoms with E-state index in [0.717, 1.165) is 5.69 Å². The molecular weight excluding hydrogens is 237 g/mol. The Morgan fingerprint density at radius 3 is 2.94 bits per heavy atom. The van der Waals surface area contributed by atoms with Gasteiger partial charge in [0.1, 0.15) is 5.82 Å². The van der Waals surface area contributed by atoms with Crippen molar-refractivity contribution in [2.45, 2.75) is 6.61 Å². The highest BCUT2D eigenvalue weighted by Gasteiger charge is 1.95. The molecule has 1 heterocycles. The molecule has 0 unspecified atom stereocenters. The summed E-state index contributed by atoms with van der Waals surface area (Å²) >= 11 is 1.68. The monoisotopic (exact) mass is 251 g/mol. The summed E-state index contributed by atoms with van der Waals surface area (Å²) in [4.78, 5) is 1.22. The van der Waals surface area contributed by atoms with Crippen molar-refractivity contribution >= 4 is 17.0 Å². The van der Waals surface area contributed by atoms with Crippen LogP contribution in [0.15, 0.2) is 41.8 Å². The average molecular weight is 251 g/mol. The number of nitrogens with one attached hydrogen (secondary N) is 1. The zero-order chi connectivity index (χ0) is 11.9. The van der Waals surface area contributed by atoms with Gasteiger partial charge in [-0.15, -0.1) is 11.3 Å². The van der Waals surface area contributed by atoms with Gasteiger partial charge in [-0.1, -0.05) is 12.1 Å². The standard InChI is InChI=1S/C13H14FNOS/c14-11-3-1-4-12(9-11)15-6-7-16-10-13-5-2-8-17-13/h1-5,8-9,15H,6-7,10H2. The van der Waals surface area contributed by atoms with Crippen molar-refractivity contribution < 1.29 is 9.13 Å². The predicted octanol–water partition coefficient (Wildman–Crippen LogP) is 3.52. The normalized spacial score (nSPS) is 10.4. The Bertz CT molecular complexity index is 444. The van der Waals surface area contributed by atoms with Gasteiger partial charge < -0.3 is 10.1 Å². The van der Waals surface area contributed by atoms with Gasteiger partial charge in [-0.05, 0) is 29.6 Å². The number of rotatable bonds is 6. The Morgan fingerprint density at radius 1 is 1.24 bits per heavy atom. The molecule has 0 aliphatic rings. The molecule has 1 N–H and O–H groups in total. The van der Waals surface area contributed by atoms with Crippen LogP contribution >= 0.6 is 11.3 Å². The highest BCUT2D eigenvalue weighted by atomic mass is 32.1. The van der Waals surface area contributed by atoms with Gasteiger partial charge in [0.05, 0.1) is 13.2 Å². The smallest absolute Gasteiger partial charge is 0.125 e. The number of ether oxygens (including phenoxy) is 1. The first-order valence-corrected chi connectivity index (χ1v) is 6.32. The summed E-state index contributed by atoms with van der Waals surface area (Å²) in [6.45, 7) is 1.92. The van der Waals surface area contributed by atoms with Crippen molar-refractivity contribution in [3.63, 3.8) is 0 Å². The molecule has 4 heteroatoms. The summed E-state index contributed by atoms with van der Waals surface area (Å²) in [6.07, 6.45) is 0. The van der Waals surface area contributed by atoms with Crippen molar-refractivity contribution in [3.8, 4) is 0 Å². The van der Waals surface area contributed by atoms with Crippen LogP contribution in [0.1, 0.15) is 4.88 Å². The first-order valence-electron chi connectivity index (χ1n) is 5.44. The summed E-state index contributed by atoms with van der Waals surface area (Å²) in [5.74, 6) is -0.227. The third kappa shape index (κ3) is 4.17. The van der Waals surface area contributed by atoms with Crippen molar-refractivity contribution in [1.29, 1.82) is 0 Å². The molecule has 0 aliphatic carbocycles. The van der Waals surface area contributed by atoms with E-state index in [1.807, 2.05) is 23.6 Å². The molecule has 2 nitrogen and oxygen atoms in total. The second-order valence-electron chi connectivity index (χ2n) is 3.57.